The van der Waals surface area contributed by atoms with Gasteiger partial charge >= 0.3 is 6.61 Å². The van der Waals surface area contributed by atoms with E-state index in [1.54, 1.807) is 12.1 Å². The molecule has 2 nitrogen and oxygen atoms in total. The molecular formula is C15H23F2NOS. The highest BCUT2D eigenvalue weighted by atomic mass is 32.2. The highest BCUT2D eigenvalue weighted by molar-refractivity contribution is 7.98. The number of hydrogen-bond donors (Lipinski definition) is 1. The summed E-state index contributed by atoms with van der Waals surface area (Å²) in [7, 11) is 0. The van der Waals surface area contributed by atoms with Gasteiger partial charge in [-0.2, -0.15) is 20.5 Å². The van der Waals surface area contributed by atoms with E-state index in [1.807, 2.05) is 23.9 Å². The lowest BCUT2D eigenvalue weighted by Gasteiger charge is -2.13. The molecular weight excluding hydrogens is 280 g/mol. The Bertz CT molecular complexity index is 359. The first-order valence-corrected chi connectivity index (χ1v) is 8.27. The van der Waals surface area contributed by atoms with Gasteiger partial charge in [-0.3, -0.25) is 0 Å². The fourth-order valence-corrected chi connectivity index (χ4v) is 2.32. The van der Waals surface area contributed by atoms with Crippen molar-refractivity contribution in [2.75, 3.05) is 18.6 Å². The van der Waals surface area contributed by atoms with E-state index in [1.165, 1.54) is 12.2 Å². The van der Waals surface area contributed by atoms with Gasteiger partial charge in [-0.1, -0.05) is 12.1 Å². The van der Waals surface area contributed by atoms with Crippen molar-refractivity contribution in [1.29, 1.82) is 0 Å². The molecule has 1 aromatic rings. The number of hydrogen-bond acceptors (Lipinski definition) is 3. The second-order valence-electron chi connectivity index (χ2n) is 4.76. The Kier molecular flexibility index (Phi) is 8.62. The van der Waals surface area contributed by atoms with E-state index in [9.17, 15) is 8.78 Å². The van der Waals surface area contributed by atoms with E-state index in [-0.39, 0.29) is 5.75 Å². The molecule has 0 amide bonds. The minimum absolute atomic E-state index is 0.215. The molecule has 114 valence electrons. The van der Waals surface area contributed by atoms with Crippen molar-refractivity contribution in [2.24, 2.45) is 0 Å². The topological polar surface area (TPSA) is 21.3 Å². The smallest absolute Gasteiger partial charge is 0.387 e. The Balaban J connectivity index is 2.23. The number of rotatable bonds is 10. The maximum Gasteiger partial charge on any atom is 0.387 e. The first-order chi connectivity index (χ1) is 9.61. The van der Waals surface area contributed by atoms with Crippen molar-refractivity contribution < 1.29 is 13.5 Å². The molecule has 1 unspecified atom stereocenters. The first kappa shape index (κ1) is 17.2. The molecule has 5 heteroatoms. The summed E-state index contributed by atoms with van der Waals surface area (Å²) in [5, 5.41) is 3.49. The summed E-state index contributed by atoms with van der Waals surface area (Å²) in [5.74, 6) is 1.40. The molecule has 0 saturated carbocycles. The first-order valence-electron chi connectivity index (χ1n) is 6.88. The summed E-state index contributed by atoms with van der Waals surface area (Å²) >= 11 is 1.86. The van der Waals surface area contributed by atoms with E-state index in [4.69, 9.17) is 0 Å². The van der Waals surface area contributed by atoms with Gasteiger partial charge in [0.2, 0.25) is 0 Å². The predicted molar refractivity (Wildman–Crippen MR) is 81.9 cm³/mol. The molecule has 20 heavy (non-hydrogen) atoms. The average Bonchev–Trinajstić information content (AvgIpc) is 2.42. The van der Waals surface area contributed by atoms with Crippen LogP contribution in [0.3, 0.4) is 0 Å². The Morgan fingerprint density at radius 1 is 1.25 bits per heavy atom. The third-order valence-corrected chi connectivity index (χ3v) is 3.73. The Hall–Kier alpha value is -0.810. The van der Waals surface area contributed by atoms with Gasteiger partial charge in [-0.15, -0.1) is 0 Å². The third kappa shape index (κ3) is 7.70. The molecule has 0 aromatic heterocycles. The summed E-state index contributed by atoms with van der Waals surface area (Å²) in [6.07, 6.45) is 5.27. The molecule has 0 heterocycles. The fourth-order valence-electron chi connectivity index (χ4n) is 1.89. The SMILES string of the molecule is CSCCCNC(C)CCc1ccc(OC(F)F)cc1. The molecule has 0 spiro atoms. The lowest BCUT2D eigenvalue weighted by molar-refractivity contribution is -0.0498. The molecule has 1 atom stereocenters. The molecule has 1 aromatic carbocycles. The minimum Gasteiger partial charge on any atom is -0.435 e. The molecule has 0 aliphatic rings. The lowest BCUT2D eigenvalue weighted by atomic mass is 10.1. The van der Waals surface area contributed by atoms with Gasteiger partial charge in [0.15, 0.2) is 0 Å². The van der Waals surface area contributed by atoms with Crippen molar-refractivity contribution >= 4 is 11.8 Å². The molecule has 0 aliphatic carbocycles. The monoisotopic (exact) mass is 303 g/mol. The van der Waals surface area contributed by atoms with Crippen LogP contribution in [0.5, 0.6) is 5.75 Å². The van der Waals surface area contributed by atoms with Gasteiger partial charge in [0.25, 0.3) is 0 Å². The van der Waals surface area contributed by atoms with Crippen LogP contribution in [0, 0.1) is 0 Å². The minimum atomic E-state index is -2.76. The zero-order chi connectivity index (χ0) is 14.8. The summed E-state index contributed by atoms with van der Waals surface area (Å²) < 4.78 is 28.4. The average molecular weight is 303 g/mol. The van der Waals surface area contributed by atoms with E-state index >= 15 is 0 Å². The number of aryl methyl sites for hydroxylation is 1. The van der Waals surface area contributed by atoms with Gasteiger partial charge in [-0.25, -0.2) is 0 Å². The van der Waals surface area contributed by atoms with Crippen LogP contribution in [-0.2, 0) is 6.42 Å². The van der Waals surface area contributed by atoms with Crippen molar-refractivity contribution in [3.05, 3.63) is 29.8 Å². The number of benzene rings is 1. The lowest BCUT2D eigenvalue weighted by Crippen LogP contribution is -2.27. The molecule has 0 radical (unpaired) electrons. The van der Waals surface area contributed by atoms with Crippen LogP contribution < -0.4 is 10.1 Å². The zero-order valence-electron chi connectivity index (χ0n) is 12.1. The van der Waals surface area contributed by atoms with Crippen LogP contribution in [0.4, 0.5) is 8.78 Å². The van der Waals surface area contributed by atoms with Crippen molar-refractivity contribution in [3.8, 4) is 5.75 Å². The van der Waals surface area contributed by atoms with Crippen molar-refractivity contribution in [3.63, 3.8) is 0 Å². The van der Waals surface area contributed by atoms with Gasteiger partial charge in [0, 0.05) is 6.04 Å². The van der Waals surface area contributed by atoms with Gasteiger partial charge in [0.05, 0.1) is 0 Å². The second-order valence-corrected chi connectivity index (χ2v) is 5.75. The van der Waals surface area contributed by atoms with Crippen LogP contribution >= 0.6 is 11.8 Å². The van der Waals surface area contributed by atoms with Crippen molar-refractivity contribution in [1.82, 2.24) is 5.32 Å². The summed E-state index contributed by atoms with van der Waals surface area (Å²) in [6.45, 7) is 0.461. The third-order valence-electron chi connectivity index (χ3n) is 3.03. The predicted octanol–water partition coefficient (Wildman–Crippen LogP) is 3.95. The zero-order valence-corrected chi connectivity index (χ0v) is 12.9. The molecule has 1 N–H and O–H groups in total. The highest BCUT2D eigenvalue weighted by Crippen LogP contribution is 2.16. The van der Waals surface area contributed by atoms with E-state index in [0.717, 1.165) is 24.9 Å². The fraction of sp³-hybridized carbons (Fsp3) is 0.600. The maximum atomic E-state index is 12.0. The second kappa shape index (κ2) is 10.00. The normalized spacial score (nSPS) is 12.7. The number of thioether (sulfide) groups is 1. The number of nitrogens with one attached hydrogen (secondary N) is 1. The Morgan fingerprint density at radius 2 is 1.95 bits per heavy atom. The summed E-state index contributed by atoms with van der Waals surface area (Å²) in [4.78, 5) is 0. The molecule has 1 rings (SSSR count). The van der Waals surface area contributed by atoms with Crippen LogP contribution in [0.25, 0.3) is 0 Å². The molecule has 0 bridgehead atoms. The Labute approximate surface area is 124 Å². The van der Waals surface area contributed by atoms with E-state index in [2.05, 4.69) is 23.2 Å². The quantitative estimate of drug-likeness (QED) is 0.661. The van der Waals surface area contributed by atoms with Crippen LogP contribution in [0.15, 0.2) is 24.3 Å². The molecule has 0 fully saturated rings. The summed E-state index contributed by atoms with van der Waals surface area (Å²) in [5.41, 5.74) is 1.14. The largest absolute Gasteiger partial charge is 0.435 e. The van der Waals surface area contributed by atoms with E-state index in [0.29, 0.717) is 6.04 Å². The highest BCUT2D eigenvalue weighted by Gasteiger charge is 2.05. The Morgan fingerprint density at radius 3 is 2.55 bits per heavy atom. The van der Waals surface area contributed by atoms with Crippen LogP contribution in [0.2, 0.25) is 0 Å². The van der Waals surface area contributed by atoms with Crippen LogP contribution in [-0.4, -0.2) is 31.2 Å². The van der Waals surface area contributed by atoms with Gasteiger partial charge in [-0.05, 0) is 62.4 Å². The molecule has 0 aliphatic heterocycles. The van der Waals surface area contributed by atoms with Gasteiger partial charge in [0.1, 0.15) is 5.75 Å². The number of ether oxygens (including phenoxy) is 1. The van der Waals surface area contributed by atoms with E-state index < -0.39 is 6.61 Å². The summed E-state index contributed by atoms with van der Waals surface area (Å²) in [6, 6.07) is 7.35. The van der Waals surface area contributed by atoms with Gasteiger partial charge < -0.3 is 10.1 Å². The molecule has 0 saturated heterocycles. The number of alkyl halides is 2. The number of halogens is 2. The standard InChI is InChI=1S/C15H23F2NOS/c1-12(18-10-3-11-20-2)4-5-13-6-8-14(9-7-13)19-15(16)17/h6-9,12,15,18H,3-5,10-11H2,1-2H3. The maximum absolute atomic E-state index is 12.0. The van der Waals surface area contributed by atoms with Crippen molar-refractivity contribution in [2.45, 2.75) is 38.8 Å². The van der Waals surface area contributed by atoms with Crippen LogP contribution in [0.1, 0.15) is 25.3 Å².